The highest BCUT2D eigenvalue weighted by Gasteiger charge is 2.38. The number of benzene rings is 3. The van der Waals surface area contributed by atoms with E-state index in [0.717, 1.165) is 17.7 Å². The van der Waals surface area contributed by atoms with Crippen LogP contribution in [0.25, 0.3) is 0 Å². The molecule has 5 nitrogen and oxygen atoms in total. The third-order valence-corrected chi connectivity index (χ3v) is 6.02. The molecule has 0 spiro atoms. The van der Waals surface area contributed by atoms with Gasteiger partial charge in [0.25, 0.3) is 5.91 Å². The molecule has 1 aliphatic carbocycles. The number of rotatable bonds is 8. The zero-order valence-electron chi connectivity index (χ0n) is 19.9. The molecular weight excluding hydrogens is 471 g/mol. The van der Waals surface area contributed by atoms with Gasteiger partial charge in [-0.3, -0.25) is 4.79 Å². The quantitative estimate of drug-likeness (QED) is 0.361. The fourth-order valence-corrected chi connectivity index (χ4v) is 3.74. The fourth-order valence-electron chi connectivity index (χ4n) is 3.74. The van der Waals surface area contributed by atoms with Crippen molar-refractivity contribution < 1.29 is 32.5 Å². The Balaban J connectivity index is 1.33. The van der Waals surface area contributed by atoms with Crippen LogP contribution in [0, 0.1) is 6.92 Å². The number of ether oxygens (including phenoxy) is 2. The first-order chi connectivity index (χ1) is 17.0. The van der Waals surface area contributed by atoms with Gasteiger partial charge in [-0.25, -0.2) is 0 Å². The van der Waals surface area contributed by atoms with E-state index in [1.54, 1.807) is 42.5 Å². The van der Waals surface area contributed by atoms with Crippen molar-refractivity contribution in [3.8, 4) is 17.2 Å². The van der Waals surface area contributed by atoms with E-state index in [2.05, 4.69) is 5.32 Å². The van der Waals surface area contributed by atoms with Crippen molar-refractivity contribution in [2.45, 2.75) is 38.5 Å². The largest absolute Gasteiger partial charge is 0.508 e. The van der Waals surface area contributed by atoms with Gasteiger partial charge < -0.3 is 19.9 Å². The van der Waals surface area contributed by atoms with Gasteiger partial charge in [0, 0.05) is 18.5 Å². The summed E-state index contributed by atoms with van der Waals surface area (Å²) >= 11 is 0. The predicted octanol–water partition coefficient (Wildman–Crippen LogP) is 6.76. The number of hydrogen-bond donors (Lipinski definition) is 2. The summed E-state index contributed by atoms with van der Waals surface area (Å²) in [4.78, 5) is 12.6. The summed E-state index contributed by atoms with van der Waals surface area (Å²) < 4.78 is 49.9. The molecule has 0 aliphatic heterocycles. The van der Waals surface area contributed by atoms with E-state index in [1.807, 2.05) is 19.9 Å². The van der Waals surface area contributed by atoms with E-state index in [0.29, 0.717) is 41.2 Å². The molecule has 0 heterocycles. The number of aliphatic hydroxyl groups is 1. The SMILES string of the molecule is Cc1cc(Oc2cccc(C(=O)NCCc3ccc(C(F)(F)F)cc3)c2)ccc1OC1(C)CC=C1O. The topological polar surface area (TPSA) is 67.8 Å². The predicted molar refractivity (Wildman–Crippen MR) is 130 cm³/mol. The summed E-state index contributed by atoms with van der Waals surface area (Å²) in [6.45, 7) is 3.98. The van der Waals surface area contributed by atoms with Gasteiger partial charge in [-0.05, 0) is 86.0 Å². The minimum Gasteiger partial charge on any atom is -0.508 e. The number of carbonyl (C=O) groups is 1. The number of aliphatic hydroxyl groups excluding tert-OH is 1. The van der Waals surface area contributed by atoms with E-state index in [1.165, 1.54) is 12.1 Å². The molecule has 0 radical (unpaired) electrons. The summed E-state index contributed by atoms with van der Waals surface area (Å²) in [5.41, 5.74) is 0.526. The summed E-state index contributed by atoms with van der Waals surface area (Å²) in [6.07, 6.45) is -1.62. The van der Waals surface area contributed by atoms with Crippen molar-refractivity contribution in [2.24, 2.45) is 0 Å². The molecule has 0 fully saturated rings. The van der Waals surface area contributed by atoms with Crippen LogP contribution in [0.15, 0.2) is 78.6 Å². The lowest BCUT2D eigenvalue weighted by atomic mass is 9.88. The molecule has 0 saturated heterocycles. The zero-order valence-corrected chi connectivity index (χ0v) is 19.9. The van der Waals surface area contributed by atoms with E-state index in [9.17, 15) is 23.1 Å². The molecule has 1 unspecified atom stereocenters. The maximum atomic E-state index is 12.7. The van der Waals surface area contributed by atoms with Crippen LogP contribution in [0.2, 0.25) is 0 Å². The zero-order chi connectivity index (χ0) is 25.9. The maximum absolute atomic E-state index is 12.7. The van der Waals surface area contributed by atoms with Crippen LogP contribution in [0.4, 0.5) is 13.2 Å². The van der Waals surface area contributed by atoms with Crippen molar-refractivity contribution in [3.63, 3.8) is 0 Å². The normalized spacial score (nSPS) is 17.1. The summed E-state index contributed by atoms with van der Waals surface area (Å²) in [5, 5.41) is 12.6. The number of aryl methyl sites for hydroxylation is 1. The monoisotopic (exact) mass is 497 g/mol. The maximum Gasteiger partial charge on any atom is 0.416 e. The molecule has 2 N–H and O–H groups in total. The van der Waals surface area contributed by atoms with Gasteiger partial charge in [0.1, 0.15) is 23.0 Å². The van der Waals surface area contributed by atoms with E-state index < -0.39 is 17.3 Å². The lowest BCUT2D eigenvalue weighted by molar-refractivity contribution is -0.137. The average molecular weight is 498 g/mol. The molecule has 36 heavy (non-hydrogen) atoms. The first-order valence-electron chi connectivity index (χ1n) is 11.4. The third-order valence-electron chi connectivity index (χ3n) is 6.02. The minimum absolute atomic E-state index is 0.219. The van der Waals surface area contributed by atoms with Crippen LogP contribution in [0.1, 0.15) is 40.4 Å². The third kappa shape index (κ3) is 5.82. The van der Waals surface area contributed by atoms with Gasteiger partial charge in [0.15, 0.2) is 5.60 Å². The second kappa shape index (κ2) is 9.97. The molecule has 8 heteroatoms. The number of nitrogens with one attached hydrogen (secondary N) is 1. The van der Waals surface area contributed by atoms with Crippen LogP contribution in [0.5, 0.6) is 17.2 Å². The van der Waals surface area contributed by atoms with Crippen molar-refractivity contribution in [1.29, 1.82) is 0 Å². The van der Waals surface area contributed by atoms with Crippen molar-refractivity contribution >= 4 is 5.91 Å². The molecule has 3 aromatic carbocycles. The van der Waals surface area contributed by atoms with E-state index in [4.69, 9.17) is 9.47 Å². The highest BCUT2D eigenvalue weighted by molar-refractivity contribution is 5.94. The first-order valence-corrected chi connectivity index (χ1v) is 11.4. The van der Waals surface area contributed by atoms with Gasteiger partial charge in [-0.15, -0.1) is 0 Å². The Morgan fingerprint density at radius 1 is 1.06 bits per heavy atom. The lowest BCUT2D eigenvalue weighted by Gasteiger charge is -2.35. The van der Waals surface area contributed by atoms with Crippen LogP contribution >= 0.6 is 0 Å². The van der Waals surface area contributed by atoms with Crippen molar-refractivity contribution in [3.05, 3.63) is 101 Å². The Labute approximate surface area is 207 Å². The number of alkyl halides is 3. The highest BCUT2D eigenvalue weighted by atomic mass is 19.4. The van der Waals surface area contributed by atoms with Gasteiger partial charge in [0.2, 0.25) is 0 Å². The molecule has 1 amide bonds. The van der Waals surface area contributed by atoms with E-state index in [-0.39, 0.29) is 18.2 Å². The summed E-state index contributed by atoms with van der Waals surface area (Å²) in [6, 6.07) is 16.9. The Hall–Kier alpha value is -3.94. The standard InChI is InChI=1S/C28H26F3NO4/c1-18-16-23(10-11-24(18)36-27(2)14-12-25(27)33)35-22-5-3-4-20(17-22)26(34)32-15-13-19-6-8-21(9-7-19)28(29,30)31/h3-12,16-17,33H,13-15H2,1-2H3,(H,32,34). The van der Waals surface area contributed by atoms with Gasteiger partial charge in [-0.2, -0.15) is 13.2 Å². The Kier molecular flexibility index (Phi) is 6.97. The smallest absolute Gasteiger partial charge is 0.416 e. The molecule has 0 aromatic heterocycles. The number of halogens is 3. The molecule has 3 aromatic rings. The van der Waals surface area contributed by atoms with Gasteiger partial charge >= 0.3 is 6.18 Å². The Bertz CT molecular complexity index is 1280. The molecule has 188 valence electrons. The van der Waals surface area contributed by atoms with Crippen LogP contribution in [-0.4, -0.2) is 23.2 Å². The average Bonchev–Trinajstić information content (AvgIpc) is 2.84. The molecule has 0 bridgehead atoms. The number of amides is 1. The molecular formula is C28H26F3NO4. The van der Waals surface area contributed by atoms with Crippen molar-refractivity contribution in [1.82, 2.24) is 5.32 Å². The van der Waals surface area contributed by atoms with Crippen LogP contribution in [-0.2, 0) is 12.6 Å². The summed E-state index contributed by atoms with van der Waals surface area (Å²) in [7, 11) is 0. The number of hydrogen-bond acceptors (Lipinski definition) is 4. The molecule has 1 atom stereocenters. The van der Waals surface area contributed by atoms with Crippen molar-refractivity contribution in [2.75, 3.05) is 6.54 Å². The molecule has 1 aliphatic rings. The number of carbonyl (C=O) groups excluding carboxylic acids is 1. The minimum atomic E-state index is -4.37. The fraction of sp³-hybridized carbons (Fsp3) is 0.250. The molecule has 0 saturated carbocycles. The Morgan fingerprint density at radius 2 is 1.78 bits per heavy atom. The lowest BCUT2D eigenvalue weighted by Crippen LogP contribution is -2.40. The van der Waals surface area contributed by atoms with E-state index >= 15 is 0 Å². The highest BCUT2D eigenvalue weighted by Crippen LogP contribution is 2.37. The first kappa shape index (κ1) is 25.2. The van der Waals surface area contributed by atoms with Crippen LogP contribution < -0.4 is 14.8 Å². The second-order valence-corrected chi connectivity index (χ2v) is 8.88. The molecule has 4 rings (SSSR count). The second-order valence-electron chi connectivity index (χ2n) is 8.88. The van der Waals surface area contributed by atoms with Crippen LogP contribution in [0.3, 0.4) is 0 Å². The Morgan fingerprint density at radius 3 is 2.39 bits per heavy atom. The van der Waals surface area contributed by atoms with Gasteiger partial charge in [-0.1, -0.05) is 18.2 Å². The summed E-state index contributed by atoms with van der Waals surface area (Å²) in [5.74, 6) is 1.60. The van der Waals surface area contributed by atoms with Gasteiger partial charge in [0.05, 0.1) is 5.56 Å².